The van der Waals surface area contributed by atoms with Crippen LogP contribution < -0.4 is 5.32 Å². The molecule has 18 heavy (non-hydrogen) atoms. The minimum atomic E-state index is -0.556. The van der Waals surface area contributed by atoms with Gasteiger partial charge < -0.3 is 5.32 Å². The monoisotopic (exact) mass is 342 g/mol. The maximum atomic E-state index is 4.89. The molecule has 1 unspecified atom stereocenters. The Labute approximate surface area is 132 Å². The van der Waals surface area contributed by atoms with Crippen LogP contribution in [0.3, 0.4) is 0 Å². The van der Waals surface area contributed by atoms with Crippen LogP contribution in [-0.2, 0) is 17.0 Å². The van der Waals surface area contributed by atoms with Crippen molar-refractivity contribution in [3.05, 3.63) is 23.8 Å². The Morgan fingerprint density at radius 2 is 1.67 bits per heavy atom. The summed E-state index contributed by atoms with van der Waals surface area (Å²) < 4.78 is 0. The van der Waals surface area contributed by atoms with Crippen molar-refractivity contribution in [2.45, 2.75) is 58.9 Å². The molecule has 0 aliphatic carbocycles. The fourth-order valence-corrected chi connectivity index (χ4v) is 3.33. The average molecular weight is 343 g/mol. The predicted molar refractivity (Wildman–Crippen MR) is 84.4 cm³/mol. The second-order valence-corrected chi connectivity index (χ2v) is 11.0. The average Bonchev–Trinajstić information content (AvgIpc) is 2.12. The van der Waals surface area contributed by atoms with E-state index >= 15 is 0 Å². The topological polar surface area (TPSA) is 12.0 Å². The Balaban J connectivity index is 0. The summed E-state index contributed by atoms with van der Waals surface area (Å²) in [5, 5.41) is 3.70. The van der Waals surface area contributed by atoms with Crippen molar-refractivity contribution in [2.75, 3.05) is 0 Å². The van der Waals surface area contributed by atoms with E-state index in [4.69, 9.17) is 18.6 Å². The van der Waals surface area contributed by atoms with Crippen LogP contribution in [0.2, 0.25) is 13.1 Å². The predicted octanol–water partition coefficient (Wildman–Crippen LogP) is 4.94. The van der Waals surface area contributed by atoms with Gasteiger partial charge in [-0.25, -0.2) is 0 Å². The van der Waals surface area contributed by atoms with E-state index in [0.29, 0.717) is 5.67 Å². The summed E-state index contributed by atoms with van der Waals surface area (Å²) in [7, 11) is 9.41. The minimum absolute atomic E-state index is 0.177. The van der Waals surface area contributed by atoms with Crippen molar-refractivity contribution in [1.29, 1.82) is 0 Å². The first-order chi connectivity index (χ1) is 8.05. The zero-order chi connectivity index (χ0) is 14.9. The van der Waals surface area contributed by atoms with Gasteiger partial charge in [-0.15, -0.1) is 0 Å². The van der Waals surface area contributed by atoms with Crippen LogP contribution in [0, 0.1) is 0 Å². The van der Waals surface area contributed by atoms with Gasteiger partial charge >= 0.3 is 35.6 Å². The second kappa shape index (κ2) is 10.7. The van der Waals surface area contributed by atoms with E-state index in [1.165, 1.54) is 5.57 Å². The molecule has 0 aromatic heterocycles. The van der Waals surface area contributed by atoms with Crippen LogP contribution >= 0.6 is 18.6 Å². The standard InChI is InChI=1S/C13H26NSi.2ClH.Ti/c1-10(2)9-11(3)12(15(7)8)14-13(4,5)6;;;/h9,12,14H,1H2,2-8H3;2*1H;/q;;;+2/p-2. The van der Waals surface area contributed by atoms with Crippen molar-refractivity contribution < 1.29 is 17.0 Å². The van der Waals surface area contributed by atoms with Gasteiger partial charge in [0.05, 0.1) is 8.80 Å². The first kappa shape index (κ1) is 21.3. The van der Waals surface area contributed by atoms with Crippen LogP contribution in [0.25, 0.3) is 0 Å². The Morgan fingerprint density at radius 3 is 1.89 bits per heavy atom. The molecule has 0 aliphatic rings. The molecule has 0 heterocycles. The molecule has 0 saturated heterocycles. The SMILES string of the molecule is C=C(C)C=C(C)C(NC(C)(C)C)[Si](C)C.[Cl][Ti][Cl]. The maximum absolute atomic E-state index is 4.89. The van der Waals surface area contributed by atoms with E-state index in [0.717, 1.165) is 5.57 Å². The van der Waals surface area contributed by atoms with Gasteiger partial charge in [0.1, 0.15) is 0 Å². The Hall–Kier alpha value is 0.951. The van der Waals surface area contributed by atoms with Gasteiger partial charge in [-0.3, -0.25) is 0 Å². The van der Waals surface area contributed by atoms with Crippen molar-refractivity contribution in [2.24, 2.45) is 0 Å². The van der Waals surface area contributed by atoms with Gasteiger partial charge in [0.15, 0.2) is 0 Å². The molecule has 1 nitrogen and oxygen atoms in total. The Morgan fingerprint density at radius 1 is 1.28 bits per heavy atom. The third kappa shape index (κ3) is 13.4. The Kier molecular flexibility index (Phi) is 12.6. The van der Waals surface area contributed by atoms with Crippen LogP contribution in [0.1, 0.15) is 34.6 Å². The van der Waals surface area contributed by atoms with Crippen LogP contribution in [0.4, 0.5) is 0 Å². The molecular formula is C13H26Cl2NSiTi. The van der Waals surface area contributed by atoms with Gasteiger partial charge in [0, 0.05) is 11.2 Å². The molecule has 1 atom stereocenters. The summed E-state index contributed by atoms with van der Waals surface area (Å²) in [5.74, 6) is 0. The van der Waals surface area contributed by atoms with Crippen molar-refractivity contribution in [1.82, 2.24) is 5.32 Å². The van der Waals surface area contributed by atoms with E-state index in [1.807, 2.05) is 0 Å². The number of rotatable bonds is 4. The van der Waals surface area contributed by atoms with Gasteiger partial charge in [-0.05, 0) is 34.6 Å². The zero-order valence-electron chi connectivity index (χ0n) is 12.6. The molecular weight excluding hydrogens is 317 g/mol. The molecule has 0 aromatic rings. The van der Waals surface area contributed by atoms with Crippen LogP contribution in [0.15, 0.2) is 23.8 Å². The molecule has 0 bridgehead atoms. The Bertz CT molecular complexity index is 273. The fraction of sp³-hybridized carbons (Fsp3) is 0.692. The van der Waals surface area contributed by atoms with E-state index in [9.17, 15) is 0 Å². The first-order valence-corrected chi connectivity index (χ1v) is 12.8. The van der Waals surface area contributed by atoms with E-state index in [1.54, 1.807) is 0 Å². The summed E-state index contributed by atoms with van der Waals surface area (Å²) in [6.07, 6.45) is 2.20. The summed E-state index contributed by atoms with van der Waals surface area (Å²) in [4.78, 5) is 0. The van der Waals surface area contributed by atoms with Gasteiger partial charge in [-0.2, -0.15) is 0 Å². The fourth-order valence-electron chi connectivity index (χ4n) is 1.62. The quantitative estimate of drug-likeness (QED) is 0.563. The van der Waals surface area contributed by atoms with E-state index < -0.39 is 17.0 Å². The molecule has 0 aliphatic heterocycles. The van der Waals surface area contributed by atoms with Crippen molar-refractivity contribution in [3.63, 3.8) is 0 Å². The first-order valence-electron chi connectivity index (χ1n) is 5.92. The third-order valence-corrected chi connectivity index (χ3v) is 3.84. The summed E-state index contributed by atoms with van der Waals surface area (Å²) in [5.41, 5.74) is 3.26. The normalized spacial score (nSPS) is 13.8. The summed E-state index contributed by atoms with van der Waals surface area (Å²) in [6.45, 7) is 19.6. The molecule has 1 radical (unpaired) electrons. The number of hydrogen-bond acceptors (Lipinski definition) is 1. The zero-order valence-corrected chi connectivity index (χ0v) is 16.7. The molecule has 1 N–H and O–H groups in total. The number of halogens is 2. The van der Waals surface area contributed by atoms with Gasteiger partial charge in [0.2, 0.25) is 0 Å². The van der Waals surface area contributed by atoms with Crippen LogP contribution in [0.5, 0.6) is 0 Å². The molecule has 0 amide bonds. The molecule has 0 spiro atoms. The summed E-state index contributed by atoms with van der Waals surface area (Å²) >= 11 is -0.556. The molecule has 105 valence electrons. The van der Waals surface area contributed by atoms with E-state index in [2.05, 4.69) is 65.7 Å². The van der Waals surface area contributed by atoms with Crippen LogP contribution in [-0.4, -0.2) is 20.0 Å². The van der Waals surface area contributed by atoms with Gasteiger partial charge in [-0.1, -0.05) is 36.9 Å². The number of nitrogens with one attached hydrogen (secondary N) is 1. The second-order valence-electron chi connectivity index (χ2n) is 5.71. The number of hydrogen-bond donors (Lipinski definition) is 1. The van der Waals surface area contributed by atoms with E-state index in [-0.39, 0.29) is 14.3 Å². The molecule has 0 aromatic carbocycles. The molecule has 0 rings (SSSR count). The molecule has 5 heteroatoms. The summed E-state index contributed by atoms with van der Waals surface area (Å²) in [6, 6.07) is 0. The third-order valence-electron chi connectivity index (χ3n) is 2.08. The van der Waals surface area contributed by atoms with Crippen molar-refractivity contribution in [3.8, 4) is 0 Å². The van der Waals surface area contributed by atoms with Crippen molar-refractivity contribution >= 4 is 27.4 Å². The molecule has 0 saturated carbocycles. The van der Waals surface area contributed by atoms with Gasteiger partial charge in [0.25, 0.3) is 0 Å². The number of allylic oxidation sites excluding steroid dienone is 2. The molecule has 0 fully saturated rings.